The van der Waals surface area contributed by atoms with Gasteiger partial charge in [0.2, 0.25) is 5.88 Å². The Morgan fingerprint density at radius 1 is 1.50 bits per heavy atom. The molecule has 16 heavy (non-hydrogen) atoms. The molecule has 0 fully saturated rings. The van der Waals surface area contributed by atoms with Gasteiger partial charge in [0.05, 0.1) is 11.8 Å². The second kappa shape index (κ2) is 6.17. The molecule has 5 nitrogen and oxygen atoms in total. The largest absolute Gasteiger partial charge is 0.473 e. The molecule has 0 aliphatic rings. The van der Waals surface area contributed by atoms with Crippen molar-refractivity contribution in [2.45, 2.75) is 26.4 Å². The van der Waals surface area contributed by atoms with Crippen molar-refractivity contribution in [3.63, 3.8) is 0 Å². The van der Waals surface area contributed by atoms with Crippen LogP contribution in [0.25, 0.3) is 0 Å². The van der Waals surface area contributed by atoms with Crippen LogP contribution in [0.2, 0.25) is 0 Å². The fraction of sp³-hybridized carbons (Fsp3) is 0.545. The SMILES string of the molecule is CC(C)Oc1nc(NCCCO)ccc1N. The van der Waals surface area contributed by atoms with E-state index in [4.69, 9.17) is 15.6 Å². The van der Waals surface area contributed by atoms with Gasteiger partial charge in [-0.15, -0.1) is 0 Å². The zero-order valence-corrected chi connectivity index (χ0v) is 9.73. The normalized spacial score (nSPS) is 10.5. The Morgan fingerprint density at radius 2 is 2.25 bits per heavy atom. The van der Waals surface area contributed by atoms with Crippen molar-refractivity contribution in [1.29, 1.82) is 0 Å². The smallest absolute Gasteiger partial charge is 0.239 e. The van der Waals surface area contributed by atoms with E-state index in [2.05, 4.69) is 10.3 Å². The molecule has 0 aromatic carbocycles. The summed E-state index contributed by atoms with van der Waals surface area (Å²) in [6, 6.07) is 3.55. The van der Waals surface area contributed by atoms with Gasteiger partial charge < -0.3 is 20.9 Å². The predicted octanol–water partition coefficient (Wildman–Crippen LogP) is 1.25. The number of aromatic nitrogens is 1. The zero-order chi connectivity index (χ0) is 12.0. The van der Waals surface area contributed by atoms with Gasteiger partial charge in [0.15, 0.2) is 0 Å². The first kappa shape index (κ1) is 12.6. The highest BCUT2D eigenvalue weighted by Crippen LogP contribution is 2.21. The summed E-state index contributed by atoms with van der Waals surface area (Å²) in [6.45, 7) is 4.69. The van der Waals surface area contributed by atoms with E-state index in [9.17, 15) is 0 Å². The van der Waals surface area contributed by atoms with E-state index in [-0.39, 0.29) is 12.7 Å². The number of hydrogen-bond donors (Lipinski definition) is 3. The highest BCUT2D eigenvalue weighted by atomic mass is 16.5. The van der Waals surface area contributed by atoms with E-state index in [0.29, 0.717) is 30.4 Å². The second-order valence-corrected chi connectivity index (χ2v) is 3.76. The summed E-state index contributed by atoms with van der Waals surface area (Å²) in [5.41, 5.74) is 6.27. The van der Waals surface area contributed by atoms with Gasteiger partial charge in [-0.25, -0.2) is 0 Å². The third-order valence-electron chi connectivity index (χ3n) is 1.88. The number of pyridine rings is 1. The molecule has 1 aromatic heterocycles. The Labute approximate surface area is 95.6 Å². The maximum absolute atomic E-state index is 8.66. The van der Waals surface area contributed by atoms with E-state index < -0.39 is 0 Å². The molecule has 4 N–H and O–H groups in total. The Bertz CT molecular complexity index is 329. The third kappa shape index (κ3) is 3.94. The standard InChI is InChI=1S/C11H19N3O2/c1-8(2)16-11-9(12)4-5-10(14-11)13-6-3-7-15/h4-5,8,15H,3,6-7,12H2,1-2H3,(H,13,14). The molecule has 0 aliphatic carbocycles. The minimum atomic E-state index is 0.0440. The minimum Gasteiger partial charge on any atom is -0.473 e. The van der Waals surface area contributed by atoms with Gasteiger partial charge in [-0.2, -0.15) is 4.98 Å². The van der Waals surface area contributed by atoms with Crippen LogP contribution in [0.4, 0.5) is 11.5 Å². The van der Waals surface area contributed by atoms with Crippen LogP contribution in [0, 0.1) is 0 Å². The summed E-state index contributed by atoms with van der Waals surface area (Å²) < 4.78 is 5.47. The highest BCUT2D eigenvalue weighted by Gasteiger charge is 2.05. The van der Waals surface area contributed by atoms with E-state index >= 15 is 0 Å². The van der Waals surface area contributed by atoms with Crippen molar-refractivity contribution >= 4 is 11.5 Å². The molecular formula is C11H19N3O2. The van der Waals surface area contributed by atoms with Crippen LogP contribution in [0.15, 0.2) is 12.1 Å². The second-order valence-electron chi connectivity index (χ2n) is 3.76. The predicted molar refractivity (Wildman–Crippen MR) is 64.6 cm³/mol. The molecule has 0 saturated carbocycles. The number of rotatable bonds is 6. The number of hydrogen-bond acceptors (Lipinski definition) is 5. The van der Waals surface area contributed by atoms with Gasteiger partial charge in [-0.3, -0.25) is 0 Å². The van der Waals surface area contributed by atoms with Gasteiger partial charge in [-0.1, -0.05) is 0 Å². The highest BCUT2D eigenvalue weighted by molar-refractivity contribution is 5.53. The molecule has 0 saturated heterocycles. The van der Waals surface area contributed by atoms with Crippen LogP contribution >= 0.6 is 0 Å². The molecule has 0 radical (unpaired) electrons. The quantitative estimate of drug-likeness (QED) is 0.635. The molecule has 0 atom stereocenters. The van der Waals surface area contributed by atoms with E-state index in [1.807, 2.05) is 13.8 Å². The molecule has 5 heteroatoms. The summed E-state index contributed by atoms with van der Waals surface area (Å²) in [4.78, 5) is 4.24. The molecule has 0 bridgehead atoms. The molecule has 0 amide bonds. The monoisotopic (exact) mass is 225 g/mol. The van der Waals surface area contributed by atoms with E-state index in [1.54, 1.807) is 12.1 Å². The molecule has 0 unspecified atom stereocenters. The molecule has 90 valence electrons. The van der Waals surface area contributed by atoms with Crippen molar-refractivity contribution in [2.75, 3.05) is 24.2 Å². The number of nitrogen functional groups attached to an aromatic ring is 1. The van der Waals surface area contributed by atoms with Gasteiger partial charge in [-0.05, 0) is 32.4 Å². The minimum absolute atomic E-state index is 0.0440. The first-order valence-corrected chi connectivity index (χ1v) is 5.41. The van der Waals surface area contributed by atoms with Crippen LogP contribution in [-0.2, 0) is 0 Å². The van der Waals surface area contributed by atoms with Crippen LogP contribution in [-0.4, -0.2) is 29.3 Å². The first-order chi connectivity index (χ1) is 7.63. The maximum atomic E-state index is 8.66. The summed E-state index contributed by atoms with van der Waals surface area (Å²) in [5, 5.41) is 11.7. The number of aliphatic hydroxyl groups is 1. The van der Waals surface area contributed by atoms with Crippen molar-refractivity contribution in [3.8, 4) is 5.88 Å². The van der Waals surface area contributed by atoms with Crippen LogP contribution in [0.3, 0.4) is 0 Å². The third-order valence-corrected chi connectivity index (χ3v) is 1.88. The lowest BCUT2D eigenvalue weighted by Crippen LogP contribution is -2.11. The average Bonchev–Trinajstić information content (AvgIpc) is 2.22. The van der Waals surface area contributed by atoms with Gasteiger partial charge in [0, 0.05) is 13.2 Å². The molecule has 1 heterocycles. The molecule has 1 aromatic rings. The summed E-state index contributed by atoms with van der Waals surface area (Å²) >= 11 is 0. The average molecular weight is 225 g/mol. The number of nitrogens with two attached hydrogens (primary N) is 1. The van der Waals surface area contributed by atoms with Crippen LogP contribution in [0.1, 0.15) is 20.3 Å². The van der Waals surface area contributed by atoms with E-state index in [0.717, 1.165) is 0 Å². The summed E-state index contributed by atoms with van der Waals surface area (Å²) in [5.74, 6) is 1.15. The van der Waals surface area contributed by atoms with Crippen molar-refractivity contribution < 1.29 is 9.84 Å². The van der Waals surface area contributed by atoms with Gasteiger partial charge in [0.25, 0.3) is 0 Å². The zero-order valence-electron chi connectivity index (χ0n) is 9.73. The number of nitrogens with one attached hydrogen (secondary N) is 1. The Kier molecular flexibility index (Phi) is 4.85. The lowest BCUT2D eigenvalue weighted by Gasteiger charge is -2.12. The Hall–Kier alpha value is -1.49. The topological polar surface area (TPSA) is 80.4 Å². The number of aliphatic hydroxyl groups excluding tert-OH is 1. The van der Waals surface area contributed by atoms with Crippen molar-refractivity contribution in [1.82, 2.24) is 4.98 Å². The lowest BCUT2D eigenvalue weighted by molar-refractivity contribution is 0.234. The van der Waals surface area contributed by atoms with Crippen LogP contribution < -0.4 is 15.8 Å². The molecule has 0 spiro atoms. The van der Waals surface area contributed by atoms with Gasteiger partial charge in [0.1, 0.15) is 5.82 Å². The van der Waals surface area contributed by atoms with Crippen molar-refractivity contribution in [3.05, 3.63) is 12.1 Å². The molecular weight excluding hydrogens is 206 g/mol. The number of anilines is 2. The first-order valence-electron chi connectivity index (χ1n) is 5.41. The van der Waals surface area contributed by atoms with E-state index in [1.165, 1.54) is 0 Å². The Morgan fingerprint density at radius 3 is 2.88 bits per heavy atom. The lowest BCUT2D eigenvalue weighted by atomic mass is 10.3. The Balaban J connectivity index is 2.65. The fourth-order valence-corrected chi connectivity index (χ4v) is 1.16. The van der Waals surface area contributed by atoms with Crippen LogP contribution in [0.5, 0.6) is 5.88 Å². The number of nitrogens with zero attached hydrogens (tertiary/aromatic N) is 1. The molecule has 0 aliphatic heterocycles. The van der Waals surface area contributed by atoms with Gasteiger partial charge >= 0.3 is 0 Å². The summed E-state index contributed by atoms with van der Waals surface area (Å²) in [6.07, 6.45) is 0.731. The number of ether oxygens (including phenoxy) is 1. The summed E-state index contributed by atoms with van der Waals surface area (Å²) in [7, 11) is 0. The maximum Gasteiger partial charge on any atom is 0.239 e. The fourth-order valence-electron chi connectivity index (χ4n) is 1.16. The molecule has 1 rings (SSSR count). The van der Waals surface area contributed by atoms with Crippen molar-refractivity contribution in [2.24, 2.45) is 0 Å².